The van der Waals surface area contributed by atoms with Crippen LogP contribution in [0.4, 0.5) is 5.69 Å². The van der Waals surface area contributed by atoms with Gasteiger partial charge in [0.2, 0.25) is 0 Å². The van der Waals surface area contributed by atoms with Gasteiger partial charge in [-0.05, 0) is 52.3 Å². The fourth-order valence-corrected chi connectivity index (χ4v) is 4.21. The van der Waals surface area contributed by atoms with Gasteiger partial charge in [0.15, 0.2) is 5.43 Å². The number of anilines is 1. The van der Waals surface area contributed by atoms with Gasteiger partial charge in [-0.3, -0.25) is 4.79 Å². The largest absolute Gasteiger partial charge is 0.455 e. The highest BCUT2D eigenvalue weighted by atomic mass is 16.3. The van der Waals surface area contributed by atoms with E-state index < -0.39 is 5.60 Å². The average Bonchev–Trinajstić information content (AvgIpc) is 2.76. The molecule has 0 saturated heterocycles. The zero-order chi connectivity index (χ0) is 23.0. The average molecular weight is 428 g/mol. The molecule has 4 rings (SSSR count). The van der Waals surface area contributed by atoms with Gasteiger partial charge in [0.25, 0.3) is 0 Å². The molecular weight excluding hydrogens is 398 g/mol. The normalized spacial score (nSPS) is 12.7. The molecule has 1 aromatic heterocycles. The Morgan fingerprint density at radius 2 is 1.62 bits per heavy atom. The molecule has 4 heteroatoms. The number of nitrogens with one attached hydrogen (secondary N) is 1. The molecule has 1 atom stereocenters. The number of aryl methyl sites for hydroxylation is 1. The Bertz CT molecular complexity index is 1330. The standard InChI is InChI=1S/C28H29NO3/c1-17-15-21(19(3)29-24-14-10-9-13-23(24)28(4,5)31)27-22(16-17)25(30)18(2)26(32-27)20-11-7-6-8-12-20/h6-16,19,29,31H,1-5H3/t19-/m1/s1. The lowest BCUT2D eigenvalue weighted by atomic mass is 9.95. The summed E-state index contributed by atoms with van der Waals surface area (Å²) in [7, 11) is 0. The summed E-state index contributed by atoms with van der Waals surface area (Å²) in [4.78, 5) is 13.3. The Kier molecular flexibility index (Phi) is 5.66. The molecular formula is C28H29NO3. The number of para-hydroxylation sites is 1. The molecule has 0 spiro atoms. The smallest absolute Gasteiger partial charge is 0.196 e. The highest BCUT2D eigenvalue weighted by Gasteiger charge is 2.23. The van der Waals surface area contributed by atoms with Crippen LogP contribution in [0.5, 0.6) is 0 Å². The van der Waals surface area contributed by atoms with Crippen molar-refractivity contribution in [3.63, 3.8) is 0 Å². The van der Waals surface area contributed by atoms with Gasteiger partial charge in [0, 0.05) is 27.9 Å². The van der Waals surface area contributed by atoms with E-state index in [0.29, 0.717) is 22.3 Å². The summed E-state index contributed by atoms with van der Waals surface area (Å²) in [6.45, 7) is 9.39. The molecule has 0 fully saturated rings. The second kappa shape index (κ2) is 8.29. The molecule has 0 aliphatic rings. The lowest BCUT2D eigenvalue weighted by Gasteiger charge is -2.25. The van der Waals surface area contributed by atoms with Crippen molar-refractivity contribution >= 4 is 16.7 Å². The zero-order valence-electron chi connectivity index (χ0n) is 19.2. The van der Waals surface area contributed by atoms with Crippen molar-refractivity contribution in [2.45, 2.75) is 46.3 Å². The minimum Gasteiger partial charge on any atom is -0.455 e. The van der Waals surface area contributed by atoms with Gasteiger partial charge in [-0.15, -0.1) is 0 Å². The highest BCUT2D eigenvalue weighted by molar-refractivity contribution is 5.84. The van der Waals surface area contributed by atoms with E-state index >= 15 is 0 Å². The molecule has 0 saturated carbocycles. The predicted molar refractivity (Wildman–Crippen MR) is 131 cm³/mol. The van der Waals surface area contributed by atoms with Gasteiger partial charge >= 0.3 is 0 Å². The van der Waals surface area contributed by atoms with Gasteiger partial charge < -0.3 is 14.8 Å². The lowest BCUT2D eigenvalue weighted by molar-refractivity contribution is 0.0793. The molecule has 4 aromatic rings. The molecule has 1 heterocycles. The monoisotopic (exact) mass is 427 g/mol. The van der Waals surface area contributed by atoms with E-state index in [9.17, 15) is 9.90 Å². The van der Waals surface area contributed by atoms with Gasteiger partial charge in [-0.1, -0.05) is 54.6 Å². The van der Waals surface area contributed by atoms with E-state index in [2.05, 4.69) is 11.4 Å². The minimum atomic E-state index is -0.984. The topological polar surface area (TPSA) is 62.5 Å². The molecule has 0 radical (unpaired) electrons. The Morgan fingerprint density at radius 3 is 2.31 bits per heavy atom. The fraction of sp³-hybridized carbons (Fsp3) is 0.250. The van der Waals surface area contributed by atoms with Crippen LogP contribution in [0.2, 0.25) is 0 Å². The number of benzene rings is 3. The molecule has 4 nitrogen and oxygen atoms in total. The van der Waals surface area contributed by atoms with Crippen molar-refractivity contribution in [1.82, 2.24) is 0 Å². The van der Waals surface area contributed by atoms with Crippen molar-refractivity contribution in [3.8, 4) is 11.3 Å². The maximum absolute atomic E-state index is 13.3. The van der Waals surface area contributed by atoms with Crippen LogP contribution in [-0.2, 0) is 5.60 Å². The van der Waals surface area contributed by atoms with Crippen LogP contribution < -0.4 is 10.7 Å². The first kappa shape index (κ1) is 21.8. The Labute approximate surface area is 188 Å². The minimum absolute atomic E-state index is 0.0147. The van der Waals surface area contributed by atoms with Crippen molar-refractivity contribution in [1.29, 1.82) is 0 Å². The number of hydrogen-bond donors (Lipinski definition) is 2. The van der Waals surface area contributed by atoms with E-state index in [1.807, 2.05) is 81.4 Å². The fourth-order valence-electron chi connectivity index (χ4n) is 4.21. The maximum Gasteiger partial charge on any atom is 0.196 e. The van der Waals surface area contributed by atoms with Gasteiger partial charge in [0.05, 0.1) is 17.0 Å². The Morgan fingerprint density at radius 1 is 0.969 bits per heavy atom. The van der Waals surface area contributed by atoms with Crippen LogP contribution in [0, 0.1) is 13.8 Å². The number of aliphatic hydroxyl groups is 1. The van der Waals surface area contributed by atoms with E-state index in [1.54, 1.807) is 13.8 Å². The molecule has 0 amide bonds. The predicted octanol–water partition coefficient (Wildman–Crippen LogP) is 6.48. The van der Waals surface area contributed by atoms with Crippen LogP contribution in [0.1, 0.15) is 49.1 Å². The zero-order valence-corrected chi connectivity index (χ0v) is 19.2. The molecule has 32 heavy (non-hydrogen) atoms. The molecule has 0 aliphatic heterocycles. The molecule has 164 valence electrons. The summed E-state index contributed by atoms with van der Waals surface area (Å²) in [5, 5.41) is 14.7. The third-order valence-corrected chi connectivity index (χ3v) is 5.85. The summed E-state index contributed by atoms with van der Waals surface area (Å²) < 4.78 is 6.41. The van der Waals surface area contributed by atoms with Gasteiger partial charge in [0.1, 0.15) is 11.3 Å². The van der Waals surface area contributed by atoms with Crippen LogP contribution in [-0.4, -0.2) is 5.11 Å². The van der Waals surface area contributed by atoms with Crippen LogP contribution >= 0.6 is 0 Å². The summed E-state index contributed by atoms with van der Waals surface area (Å²) in [6.07, 6.45) is 0. The van der Waals surface area contributed by atoms with Crippen molar-refractivity contribution in [2.24, 2.45) is 0 Å². The van der Waals surface area contributed by atoms with Crippen molar-refractivity contribution in [2.75, 3.05) is 5.32 Å². The molecule has 0 unspecified atom stereocenters. The summed E-state index contributed by atoms with van der Waals surface area (Å²) in [5.74, 6) is 0.595. The highest BCUT2D eigenvalue weighted by Crippen LogP contribution is 2.34. The number of fused-ring (bicyclic) bond motifs is 1. The first-order chi connectivity index (χ1) is 15.2. The first-order valence-corrected chi connectivity index (χ1v) is 10.9. The lowest BCUT2D eigenvalue weighted by Crippen LogP contribution is -2.19. The maximum atomic E-state index is 13.3. The van der Waals surface area contributed by atoms with Gasteiger partial charge in [-0.25, -0.2) is 0 Å². The summed E-state index contributed by atoms with van der Waals surface area (Å²) in [5.41, 5.74) is 4.63. The van der Waals surface area contributed by atoms with Crippen molar-refractivity contribution in [3.05, 3.63) is 99.2 Å². The summed E-state index contributed by atoms with van der Waals surface area (Å²) >= 11 is 0. The van der Waals surface area contributed by atoms with Crippen molar-refractivity contribution < 1.29 is 9.52 Å². The van der Waals surface area contributed by atoms with Crippen LogP contribution in [0.15, 0.2) is 75.9 Å². The molecule has 3 aromatic carbocycles. The van der Waals surface area contributed by atoms with E-state index in [1.165, 1.54) is 0 Å². The number of hydrogen-bond acceptors (Lipinski definition) is 4. The van der Waals surface area contributed by atoms with E-state index in [-0.39, 0.29) is 11.5 Å². The quantitative estimate of drug-likeness (QED) is 0.383. The molecule has 0 aliphatic carbocycles. The SMILES string of the molecule is Cc1cc([C@@H](C)Nc2ccccc2C(C)(C)O)c2oc(-c3ccccc3)c(C)c(=O)c2c1. The van der Waals surface area contributed by atoms with Crippen LogP contribution in [0.25, 0.3) is 22.3 Å². The third-order valence-electron chi connectivity index (χ3n) is 5.85. The van der Waals surface area contributed by atoms with Crippen LogP contribution in [0.3, 0.4) is 0 Å². The first-order valence-electron chi connectivity index (χ1n) is 10.9. The van der Waals surface area contributed by atoms with E-state index in [4.69, 9.17) is 4.42 Å². The second-order valence-electron chi connectivity index (χ2n) is 8.95. The van der Waals surface area contributed by atoms with Gasteiger partial charge in [-0.2, -0.15) is 0 Å². The molecule has 2 N–H and O–H groups in total. The Balaban J connectivity index is 1.88. The Hall–Kier alpha value is -3.37. The second-order valence-corrected chi connectivity index (χ2v) is 8.95. The molecule has 0 bridgehead atoms. The van der Waals surface area contributed by atoms with E-state index in [0.717, 1.165) is 27.9 Å². The summed E-state index contributed by atoms with van der Waals surface area (Å²) in [6, 6.07) is 21.2. The number of rotatable bonds is 5. The third kappa shape index (κ3) is 4.06.